The molecule has 0 spiro atoms. The SMILES string of the molecule is CC1CCCN(CCOc2ccccc2C(N)=S)C1C. The summed E-state index contributed by atoms with van der Waals surface area (Å²) in [7, 11) is 0. The molecule has 0 amide bonds. The first-order valence-electron chi connectivity index (χ1n) is 7.35. The molecule has 4 heteroatoms. The van der Waals surface area contributed by atoms with Crippen LogP contribution in [0.1, 0.15) is 32.3 Å². The van der Waals surface area contributed by atoms with Gasteiger partial charge in [-0.1, -0.05) is 31.3 Å². The number of ether oxygens (including phenoxy) is 1. The normalized spacial score (nSPS) is 23.5. The number of benzene rings is 1. The molecular formula is C16H24N2OS. The molecule has 1 heterocycles. The summed E-state index contributed by atoms with van der Waals surface area (Å²) in [5.41, 5.74) is 6.53. The largest absolute Gasteiger partial charge is 0.492 e. The van der Waals surface area contributed by atoms with Gasteiger partial charge in [-0.25, -0.2) is 0 Å². The number of piperidine rings is 1. The van der Waals surface area contributed by atoms with Gasteiger partial charge in [0.15, 0.2) is 0 Å². The van der Waals surface area contributed by atoms with Gasteiger partial charge in [-0.15, -0.1) is 0 Å². The van der Waals surface area contributed by atoms with E-state index in [0.717, 1.165) is 23.8 Å². The third-order valence-corrected chi connectivity index (χ3v) is 4.51. The molecule has 1 aliphatic rings. The topological polar surface area (TPSA) is 38.5 Å². The van der Waals surface area contributed by atoms with Gasteiger partial charge in [0.25, 0.3) is 0 Å². The van der Waals surface area contributed by atoms with Crippen molar-refractivity contribution in [3.05, 3.63) is 29.8 Å². The lowest BCUT2D eigenvalue weighted by Crippen LogP contribution is -2.44. The van der Waals surface area contributed by atoms with Crippen LogP contribution in [0, 0.1) is 5.92 Å². The molecule has 2 N–H and O–H groups in total. The molecule has 20 heavy (non-hydrogen) atoms. The predicted molar refractivity (Wildman–Crippen MR) is 87.3 cm³/mol. The molecule has 2 unspecified atom stereocenters. The zero-order chi connectivity index (χ0) is 14.5. The minimum Gasteiger partial charge on any atom is -0.492 e. The van der Waals surface area contributed by atoms with Crippen molar-refractivity contribution in [1.82, 2.24) is 4.90 Å². The Bertz CT molecular complexity index is 464. The summed E-state index contributed by atoms with van der Waals surface area (Å²) in [6.45, 7) is 7.45. The summed E-state index contributed by atoms with van der Waals surface area (Å²) < 4.78 is 5.88. The standard InChI is InChI=1S/C16H24N2OS/c1-12-6-5-9-18(13(12)2)10-11-19-15-8-4-3-7-14(15)16(17)20/h3-4,7-8,12-13H,5-6,9-11H2,1-2H3,(H2,17,20). The van der Waals surface area contributed by atoms with Crippen LogP contribution in [0.3, 0.4) is 0 Å². The molecule has 0 aliphatic carbocycles. The highest BCUT2D eigenvalue weighted by molar-refractivity contribution is 7.80. The van der Waals surface area contributed by atoms with Gasteiger partial charge < -0.3 is 10.5 Å². The fourth-order valence-corrected chi connectivity index (χ4v) is 2.97. The first-order valence-corrected chi connectivity index (χ1v) is 7.76. The van der Waals surface area contributed by atoms with Crippen molar-refractivity contribution < 1.29 is 4.74 Å². The Morgan fingerprint density at radius 1 is 1.40 bits per heavy atom. The number of likely N-dealkylation sites (tertiary alicyclic amines) is 1. The molecule has 0 bridgehead atoms. The van der Waals surface area contributed by atoms with Crippen LogP contribution >= 0.6 is 12.2 Å². The molecule has 3 nitrogen and oxygen atoms in total. The second-order valence-corrected chi connectivity index (χ2v) is 6.04. The molecule has 1 aromatic rings. The van der Waals surface area contributed by atoms with Crippen LogP contribution < -0.4 is 10.5 Å². The Labute approximate surface area is 127 Å². The average Bonchev–Trinajstić information content (AvgIpc) is 2.44. The van der Waals surface area contributed by atoms with Crippen molar-refractivity contribution >= 4 is 17.2 Å². The fourth-order valence-electron chi connectivity index (χ4n) is 2.81. The molecule has 1 aromatic carbocycles. The Morgan fingerprint density at radius 2 is 2.15 bits per heavy atom. The van der Waals surface area contributed by atoms with E-state index in [4.69, 9.17) is 22.7 Å². The van der Waals surface area contributed by atoms with E-state index in [1.54, 1.807) is 0 Å². The van der Waals surface area contributed by atoms with Crippen molar-refractivity contribution in [3.63, 3.8) is 0 Å². The number of nitrogens with zero attached hydrogens (tertiary/aromatic N) is 1. The summed E-state index contributed by atoms with van der Waals surface area (Å²) in [6, 6.07) is 8.34. The fraction of sp³-hybridized carbons (Fsp3) is 0.562. The molecule has 0 radical (unpaired) electrons. The molecule has 1 aliphatic heterocycles. The summed E-state index contributed by atoms with van der Waals surface area (Å²) in [6.07, 6.45) is 2.62. The lowest BCUT2D eigenvalue weighted by molar-refractivity contribution is 0.0957. The highest BCUT2D eigenvalue weighted by atomic mass is 32.1. The molecule has 2 atom stereocenters. The van der Waals surface area contributed by atoms with Crippen LogP contribution in [-0.4, -0.2) is 35.6 Å². The molecule has 2 rings (SSSR count). The Balaban J connectivity index is 1.88. The van der Waals surface area contributed by atoms with Gasteiger partial charge in [-0.3, -0.25) is 4.90 Å². The van der Waals surface area contributed by atoms with Crippen LogP contribution in [0.5, 0.6) is 5.75 Å². The minimum atomic E-state index is 0.389. The van der Waals surface area contributed by atoms with Gasteiger partial charge >= 0.3 is 0 Å². The Hall–Kier alpha value is -1.13. The monoisotopic (exact) mass is 292 g/mol. The summed E-state index contributed by atoms with van der Waals surface area (Å²) >= 11 is 5.05. The van der Waals surface area contributed by atoms with E-state index < -0.39 is 0 Å². The smallest absolute Gasteiger partial charge is 0.129 e. The van der Waals surface area contributed by atoms with Crippen molar-refractivity contribution in [2.45, 2.75) is 32.7 Å². The second kappa shape index (κ2) is 7.04. The number of thiocarbonyl (C=S) groups is 1. The summed E-state index contributed by atoms with van der Waals surface area (Å²) in [5, 5.41) is 0. The maximum atomic E-state index is 5.88. The van der Waals surface area contributed by atoms with E-state index in [1.165, 1.54) is 19.4 Å². The van der Waals surface area contributed by atoms with E-state index in [2.05, 4.69) is 18.7 Å². The lowest BCUT2D eigenvalue weighted by Gasteiger charge is -2.37. The van der Waals surface area contributed by atoms with E-state index in [1.807, 2.05) is 24.3 Å². The highest BCUT2D eigenvalue weighted by Gasteiger charge is 2.24. The average molecular weight is 292 g/mol. The number of hydrogen-bond donors (Lipinski definition) is 1. The quantitative estimate of drug-likeness (QED) is 0.847. The van der Waals surface area contributed by atoms with Crippen molar-refractivity contribution in [1.29, 1.82) is 0 Å². The van der Waals surface area contributed by atoms with Crippen LogP contribution in [0.25, 0.3) is 0 Å². The van der Waals surface area contributed by atoms with Gasteiger partial charge in [-0.05, 0) is 44.4 Å². The molecule has 0 saturated carbocycles. The van der Waals surface area contributed by atoms with Gasteiger partial charge in [0.05, 0.1) is 5.56 Å². The molecule has 1 fully saturated rings. The lowest BCUT2D eigenvalue weighted by atomic mass is 9.92. The van der Waals surface area contributed by atoms with E-state index >= 15 is 0 Å². The molecule has 110 valence electrons. The number of nitrogens with two attached hydrogens (primary N) is 1. The Kier molecular flexibility index (Phi) is 5.38. The minimum absolute atomic E-state index is 0.389. The number of rotatable bonds is 5. The zero-order valence-corrected chi connectivity index (χ0v) is 13.2. The first-order chi connectivity index (χ1) is 9.59. The Morgan fingerprint density at radius 3 is 2.90 bits per heavy atom. The maximum absolute atomic E-state index is 5.88. The third-order valence-electron chi connectivity index (χ3n) is 4.29. The van der Waals surface area contributed by atoms with E-state index in [0.29, 0.717) is 17.6 Å². The van der Waals surface area contributed by atoms with Crippen molar-refractivity contribution in [3.8, 4) is 5.75 Å². The number of para-hydroxylation sites is 1. The van der Waals surface area contributed by atoms with E-state index in [9.17, 15) is 0 Å². The summed E-state index contributed by atoms with van der Waals surface area (Å²) in [4.78, 5) is 2.90. The van der Waals surface area contributed by atoms with Crippen molar-refractivity contribution in [2.75, 3.05) is 19.7 Å². The van der Waals surface area contributed by atoms with Crippen molar-refractivity contribution in [2.24, 2.45) is 11.7 Å². The van der Waals surface area contributed by atoms with Gasteiger partial charge in [0, 0.05) is 12.6 Å². The van der Waals surface area contributed by atoms with Crippen LogP contribution in [-0.2, 0) is 0 Å². The number of hydrogen-bond acceptors (Lipinski definition) is 3. The van der Waals surface area contributed by atoms with Gasteiger partial charge in [0.1, 0.15) is 17.3 Å². The third kappa shape index (κ3) is 3.70. The second-order valence-electron chi connectivity index (χ2n) is 5.60. The predicted octanol–water partition coefficient (Wildman–Crippen LogP) is 2.82. The zero-order valence-electron chi connectivity index (χ0n) is 12.3. The molecule has 0 aromatic heterocycles. The molecule has 1 saturated heterocycles. The van der Waals surface area contributed by atoms with E-state index in [-0.39, 0.29) is 0 Å². The van der Waals surface area contributed by atoms with Crippen LogP contribution in [0.2, 0.25) is 0 Å². The summed E-state index contributed by atoms with van der Waals surface area (Å²) in [5.74, 6) is 1.56. The van der Waals surface area contributed by atoms with Gasteiger partial charge in [-0.2, -0.15) is 0 Å². The molecular weight excluding hydrogens is 268 g/mol. The highest BCUT2D eigenvalue weighted by Crippen LogP contribution is 2.23. The van der Waals surface area contributed by atoms with Crippen LogP contribution in [0.4, 0.5) is 0 Å². The van der Waals surface area contributed by atoms with Gasteiger partial charge in [0.2, 0.25) is 0 Å². The first kappa shape index (κ1) is 15.3. The maximum Gasteiger partial charge on any atom is 0.129 e. The van der Waals surface area contributed by atoms with Crippen LogP contribution in [0.15, 0.2) is 24.3 Å².